The summed E-state index contributed by atoms with van der Waals surface area (Å²) in [7, 11) is 0. The second-order valence-corrected chi connectivity index (χ2v) is 5.26. The van der Waals surface area contributed by atoms with Gasteiger partial charge in [0.1, 0.15) is 0 Å². The van der Waals surface area contributed by atoms with E-state index in [1.165, 1.54) is 43.7 Å². The Hall–Kier alpha value is -0.470. The van der Waals surface area contributed by atoms with Gasteiger partial charge in [0.15, 0.2) is 0 Å². The van der Waals surface area contributed by atoms with Gasteiger partial charge in [0.05, 0.1) is 5.02 Å². The number of piperidine rings is 1. The lowest BCUT2D eigenvalue weighted by Gasteiger charge is -2.23. The van der Waals surface area contributed by atoms with E-state index in [0.717, 1.165) is 17.5 Å². The molecule has 0 atom stereocenters. The molecule has 0 spiro atoms. The molecule has 0 amide bonds. The van der Waals surface area contributed by atoms with Crippen molar-refractivity contribution in [2.75, 3.05) is 13.1 Å². The topological polar surface area (TPSA) is 17.0 Å². The number of hydrogen-bond acceptors (Lipinski definition) is 1. The maximum Gasteiger partial charge on any atom is 0.0615 e. The molecule has 0 aliphatic carbocycles. The van der Waals surface area contributed by atoms with E-state index in [4.69, 9.17) is 11.6 Å². The quantitative estimate of drug-likeness (QED) is 0.859. The van der Waals surface area contributed by atoms with Gasteiger partial charge in [-0.1, -0.05) is 11.6 Å². The molecule has 3 heteroatoms. The summed E-state index contributed by atoms with van der Waals surface area (Å²) in [6.45, 7) is 7.75. The molecule has 1 N–H and O–H groups in total. The molecule has 1 saturated heterocycles. The van der Waals surface area contributed by atoms with Gasteiger partial charge >= 0.3 is 0 Å². The molecule has 0 bridgehead atoms. The van der Waals surface area contributed by atoms with Gasteiger partial charge in [0.2, 0.25) is 0 Å². The Kier molecular flexibility index (Phi) is 3.93. The lowest BCUT2D eigenvalue weighted by atomic mass is 9.95. The molecule has 0 radical (unpaired) electrons. The molecule has 1 aliphatic rings. The average Bonchev–Trinajstić information content (AvgIpc) is 2.53. The third-order valence-electron chi connectivity index (χ3n) is 3.73. The summed E-state index contributed by atoms with van der Waals surface area (Å²) < 4.78 is 2.35. The van der Waals surface area contributed by atoms with Gasteiger partial charge in [-0.3, -0.25) is 0 Å². The molecule has 16 heavy (non-hydrogen) atoms. The zero-order valence-electron chi connectivity index (χ0n) is 10.2. The largest absolute Gasteiger partial charge is 0.348 e. The highest BCUT2D eigenvalue weighted by atomic mass is 35.5. The van der Waals surface area contributed by atoms with Crippen molar-refractivity contribution in [2.45, 2.75) is 39.7 Å². The van der Waals surface area contributed by atoms with E-state index >= 15 is 0 Å². The van der Waals surface area contributed by atoms with Gasteiger partial charge in [0, 0.05) is 17.9 Å². The van der Waals surface area contributed by atoms with Crippen molar-refractivity contribution in [3.05, 3.63) is 22.5 Å². The van der Waals surface area contributed by atoms with Crippen LogP contribution in [0, 0.1) is 19.8 Å². The van der Waals surface area contributed by atoms with Gasteiger partial charge in [-0.05, 0) is 58.2 Å². The minimum Gasteiger partial charge on any atom is -0.348 e. The van der Waals surface area contributed by atoms with Crippen LogP contribution in [0.1, 0.15) is 30.7 Å². The number of nitrogens with zero attached hydrogens (tertiary/aromatic N) is 1. The maximum absolute atomic E-state index is 6.13. The second kappa shape index (κ2) is 5.24. The fourth-order valence-corrected chi connectivity index (χ4v) is 2.85. The summed E-state index contributed by atoms with van der Waals surface area (Å²) in [4.78, 5) is 0. The first-order valence-electron chi connectivity index (χ1n) is 6.21. The van der Waals surface area contributed by atoms with Crippen LogP contribution in [0.3, 0.4) is 0 Å². The van der Waals surface area contributed by atoms with Crippen LogP contribution in [0.2, 0.25) is 5.02 Å². The summed E-state index contributed by atoms with van der Waals surface area (Å²) in [5.41, 5.74) is 2.50. The van der Waals surface area contributed by atoms with Gasteiger partial charge in [-0.25, -0.2) is 0 Å². The predicted octanol–water partition coefficient (Wildman–Crippen LogP) is 3.15. The number of halogens is 1. The Morgan fingerprint density at radius 1 is 1.38 bits per heavy atom. The van der Waals surface area contributed by atoms with Gasteiger partial charge < -0.3 is 9.88 Å². The molecular formula is C13H21ClN2. The molecule has 90 valence electrons. The zero-order chi connectivity index (χ0) is 11.5. The van der Waals surface area contributed by atoms with Crippen molar-refractivity contribution in [1.29, 1.82) is 0 Å². The van der Waals surface area contributed by atoms with Crippen molar-refractivity contribution in [1.82, 2.24) is 9.88 Å². The molecule has 2 rings (SSSR count). The minimum atomic E-state index is 0.890. The zero-order valence-corrected chi connectivity index (χ0v) is 11.0. The van der Waals surface area contributed by atoms with E-state index in [1.807, 2.05) is 0 Å². The van der Waals surface area contributed by atoms with Gasteiger partial charge in [-0.2, -0.15) is 0 Å². The Bertz CT molecular complexity index is 351. The van der Waals surface area contributed by atoms with E-state index in [-0.39, 0.29) is 0 Å². The maximum atomic E-state index is 6.13. The number of nitrogens with one attached hydrogen (secondary N) is 1. The molecular weight excluding hydrogens is 220 g/mol. The summed E-state index contributed by atoms with van der Waals surface area (Å²) >= 11 is 6.13. The summed E-state index contributed by atoms with van der Waals surface area (Å²) in [5, 5.41) is 4.32. The minimum absolute atomic E-state index is 0.890. The molecule has 1 fully saturated rings. The van der Waals surface area contributed by atoms with Crippen LogP contribution in [-0.4, -0.2) is 17.7 Å². The standard InChI is InChI=1S/C13H21ClN2/c1-10-9-13(14)11(2)16(10)8-5-12-3-6-15-7-4-12/h9,12,15H,3-8H2,1-2H3. The first-order chi connectivity index (χ1) is 7.68. The van der Waals surface area contributed by atoms with Crippen molar-refractivity contribution < 1.29 is 0 Å². The highest BCUT2D eigenvalue weighted by Gasteiger charge is 2.14. The van der Waals surface area contributed by atoms with Crippen molar-refractivity contribution >= 4 is 11.6 Å². The first-order valence-corrected chi connectivity index (χ1v) is 6.59. The predicted molar refractivity (Wildman–Crippen MR) is 69.1 cm³/mol. The average molecular weight is 241 g/mol. The van der Waals surface area contributed by atoms with Gasteiger partial charge in [-0.15, -0.1) is 0 Å². The fourth-order valence-electron chi connectivity index (χ4n) is 2.59. The van der Waals surface area contributed by atoms with Crippen molar-refractivity contribution in [3.63, 3.8) is 0 Å². The molecule has 0 unspecified atom stereocenters. The molecule has 2 nitrogen and oxygen atoms in total. The molecule has 2 heterocycles. The van der Waals surface area contributed by atoms with Crippen molar-refractivity contribution in [3.8, 4) is 0 Å². The van der Waals surface area contributed by atoms with E-state index in [1.54, 1.807) is 0 Å². The van der Waals surface area contributed by atoms with Crippen LogP contribution in [0.5, 0.6) is 0 Å². The van der Waals surface area contributed by atoms with Gasteiger partial charge in [0.25, 0.3) is 0 Å². The number of aromatic nitrogens is 1. The number of aryl methyl sites for hydroxylation is 1. The fraction of sp³-hybridized carbons (Fsp3) is 0.692. The Morgan fingerprint density at radius 2 is 2.06 bits per heavy atom. The van der Waals surface area contributed by atoms with E-state index in [9.17, 15) is 0 Å². The molecule has 1 aliphatic heterocycles. The van der Waals surface area contributed by atoms with Crippen LogP contribution < -0.4 is 5.32 Å². The highest BCUT2D eigenvalue weighted by molar-refractivity contribution is 6.31. The number of hydrogen-bond donors (Lipinski definition) is 1. The van der Waals surface area contributed by atoms with E-state index < -0.39 is 0 Å². The lowest BCUT2D eigenvalue weighted by Crippen LogP contribution is -2.28. The van der Waals surface area contributed by atoms with E-state index in [2.05, 4.69) is 29.8 Å². The second-order valence-electron chi connectivity index (χ2n) is 4.85. The monoisotopic (exact) mass is 240 g/mol. The van der Waals surface area contributed by atoms with Crippen LogP contribution in [0.4, 0.5) is 0 Å². The SMILES string of the molecule is Cc1cc(Cl)c(C)n1CCC1CCNCC1. The first kappa shape index (κ1) is 12.0. The Balaban J connectivity index is 1.93. The third-order valence-corrected chi connectivity index (χ3v) is 4.11. The summed E-state index contributed by atoms with van der Waals surface area (Å²) in [5.74, 6) is 0.890. The van der Waals surface area contributed by atoms with E-state index in [0.29, 0.717) is 0 Å². The molecule has 0 aromatic carbocycles. The van der Waals surface area contributed by atoms with Crippen LogP contribution in [0.25, 0.3) is 0 Å². The molecule has 1 aromatic heterocycles. The molecule has 1 aromatic rings. The van der Waals surface area contributed by atoms with Crippen LogP contribution >= 0.6 is 11.6 Å². The molecule has 0 saturated carbocycles. The van der Waals surface area contributed by atoms with Crippen LogP contribution in [-0.2, 0) is 6.54 Å². The Labute approximate surface area is 103 Å². The number of rotatable bonds is 3. The summed E-state index contributed by atoms with van der Waals surface area (Å²) in [6, 6.07) is 2.07. The smallest absolute Gasteiger partial charge is 0.0615 e. The lowest BCUT2D eigenvalue weighted by molar-refractivity contribution is 0.336. The Morgan fingerprint density at radius 3 is 2.62 bits per heavy atom. The third kappa shape index (κ3) is 2.61. The highest BCUT2D eigenvalue weighted by Crippen LogP contribution is 2.23. The summed E-state index contributed by atoms with van der Waals surface area (Å²) in [6.07, 6.45) is 3.94. The van der Waals surface area contributed by atoms with Crippen molar-refractivity contribution in [2.24, 2.45) is 5.92 Å². The van der Waals surface area contributed by atoms with Crippen LogP contribution in [0.15, 0.2) is 6.07 Å². The normalized spacial score (nSPS) is 17.9.